The zero-order valence-corrected chi connectivity index (χ0v) is 7.51. The maximum Gasteiger partial charge on any atom is 0.269 e. The largest absolute Gasteiger partial charge is 0.508 e. The molecule has 1 N–H and O–H groups in total. The highest BCUT2D eigenvalue weighted by atomic mass is 16.6. The van der Waals surface area contributed by atoms with Crippen molar-refractivity contribution in [3.05, 3.63) is 33.9 Å². The lowest BCUT2D eigenvalue weighted by Crippen LogP contribution is -1.97. The van der Waals surface area contributed by atoms with Crippen molar-refractivity contribution in [3.8, 4) is 5.75 Å². The van der Waals surface area contributed by atoms with Crippen LogP contribution in [-0.2, 0) is 4.79 Å². The number of phenols is 1. The van der Waals surface area contributed by atoms with Crippen molar-refractivity contribution < 1.29 is 14.8 Å². The lowest BCUT2D eigenvalue weighted by Gasteiger charge is -2.05. The van der Waals surface area contributed by atoms with E-state index in [-0.39, 0.29) is 17.0 Å². The Morgan fingerprint density at radius 3 is 2.71 bits per heavy atom. The molecule has 0 saturated carbocycles. The van der Waals surface area contributed by atoms with Crippen LogP contribution in [0.15, 0.2) is 18.2 Å². The smallest absolute Gasteiger partial charge is 0.269 e. The maximum absolute atomic E-state index is 10.5. The third-order valence-electron chi connectivity index (χ3n) is 1.92. The monoisotopic (exact) mass is 195 g/mol. The van der Waals surface area contributed by atoms with E-state index >= 15 is 0 Å². The highest BCUT2D eigenvalue weighted by Crippen LogP contribution is 2.28. The molecule has 0 aromatic heterocycles. The van der Waals surface area contributed by atoms with Gasteiger partial charge in [0, 0.05) is 23.6 Å². The summed E-state index contributed by atoms with van der Waals surface area (Å²) in [5.74, 6) is -0.648. The highest BCUT2D eigenvalue weighted by Gasteiger charge is 2.14. The molecule has 0 spiro atoms. The van der Waals surface area contributed by atoms with Crippen LogP contribution in [0, 0.1) is 10.1 Å². The Labute approximate surface area is 80.1 Å². The average molecular weight is 195 g/mol. The van der Waals surface area contributed by atoms with Gasteiger partial charge in [0.2, 0.25) is 0 Å². The zero-order valence-electron chi connectivity index (χ0n) is 7.51. The van der Waals surface area contributed by atoms with Crippen LogP contribution in [0.3, 0.4) is 0 Å². The first-order valence-corrected chi connectivity index (χ1v) is 3.99. The summed E-state index contributed by atoms with van der Waals surface area (Å²) in [5, 5.41) is 19.7. The summed E-state index contributed by atoms with van der Waals surface area (Å²) < 4.78 is 0. The first-order chi connectivity index (χ1) is 6.56. The van der Waals surface area contributed by atoms with Crippen LogP contribution in [0.2, 0.25) is 0 Å². The molecule has 0 fully saturated rings. The quantitative estimate of drug-likeness (QED) is 0.451. The molecular weight excluding hydrogens is 186 g/mol. The minimum absolute atomic E-state index is 0.102. The van der Waals surface area contributed by atoms with Gasteiger partial charge < -0.3 is 9.90 Å². The van der Waals surface area contributed by atoms with Crippen LogP contribution >= 0.6 is 0 Å². The fraction of sp³-hybridized carbons (Fsp3) is 0.222. The summed E-state index contributed by atoms with van der Waals surface area (Å²) in [6, 6.07) is 3.61. The van der Waals surface area contributed by atoms with E-state index in [2.05, 4.69) is 0 Å². The molecule has 0 aliphatic rings. The lowest BCUT2D eigenvalue weighted by molar-refractivity contribution is -0.384. The van der Waals surface area contributed by atoms with E-state index in [1.165, 1.54) is 18.2 Å². The Morgan fingerprint density at radius 2 is 2.21 bits per heavy atom. The van der Waals surface area contributed by atoms with Crippen LogP contribution in [0.25, 0.3) is 0 Å². The molecular formula is C9H9NO4. The number of phenolic OH excluding ortho intramolecular Hbond substituents is 1. The van der Waals surface area contributed by atoms with Gasteiger partial charge in [0.05, 0.1) is 4.92 Å². The number of nitrogens with zero attached hydrogens (tertiary/aromatic N) is 1. The predicted octanol–water partition coefficient (Wildman–Crippen LogP) is 1.60. The van der Waals surface area contributed by atoms with Crippen LogP contribution in [0.5, 0.6) is 5.75 Å². The topological polar surface area (TPSA) is 80.4 Å². The van der Waals surface area contributed by atoms with Gasteiger partial charge in [-0.15, -0.1) is 0 Å². The number of aldehydes is 1. The van der Waals surface area contributed by atoms with Gasteiger partial charge in [0.25, 0.3) is 5.69 Å². The van der Waals surface area contributed by atoms with Gasteiger partial charge in [-0.05, 0) is 6.07 Å². The first-order valence-electron chi connectivity index (χ1n) is 3.99. The molecule has 0 aliphatic carbocycles. The summed E-state index contributed by atoms with van der Waals surface area (Å²) in [5.41, 5.74) is 0.140. The van der Waals surface area contributed by atoms with E-state index in [0.717, 1.165) is 0 Å². The lowest BCUT2D eigenvalue weighted by atomic mass is 10.0. The Bertz CT molecular complexity index is 375. The van der Waals surface area contributed by atoms with Crippen molar-refractivity contribution in [3.63, 3.8) is 0 Å². The number of carbonyl (C=O) groups is 1. The van der Waals surface area contributed by atoms with Gasteiger partial charge >= 0.3 is 0 Å². The molecule has 0 radical (unpaired) electrons. The summed E-state index contributed by atoms with van der Waals surface area (Å²) in [7, 11) is 0. The molecule has 0 bridgehead atoms. The van der Waals surface area contributed by atoms with Crippen molar-refractivity contribution in [2.75, 3.05) is 0 Å². The Balaban J connectivity index is 3.20. The fourth-order valence-electron chi connectivity index (χ4n) is 1.09. The molecule has 14 heavy (non-hydrogen) atoms. The van der Waals surface area contributed by atoms with E-state index in [0.29, 0.717) is 6.29 Å². The van der Waals surface area contributed by atoms with E-state index in [1.54, 1.807) is 6.92 Å². The highest BCUT2D eigenvalue weighted by molar-refractivity contribution is 5.64. The maximum atomic E-state index is 10.5. The van der Waals surface area contributed by atoms with Crippen LogP contribution in [0.4, 0.5) is 5.69 Å². The number of rotatable bonds is 3. The van der Waals surface area contributed by atoms with Crippen molar-refractivity contribution >= 4 is 12.0 Å². The third kappa shape index (κ3) is 1.87. The van der Waals surface area contributed by atoms with Gasteiger partial charge in [-0.25, -0.2) is 0 Å². The van der Waals surface area contributed by atoms with Gasteiger partial charge in [-0.1, -0.05) is 6.92 Å². The average Bonchev–Trinajstić information content (AvgIpc) is 2.17. The molecule has 1 rings (SSSR count). The second-order valence-corrected chi connectivity index (χ2v) is 2.92. The summed E-state index contributed by atoms with van der Waals surface area (Å²) >= 11 is 0. The first kappa shape index (κ1) is 10.2. The molecule has 0 aliphatic heterocycles. The van der Waals surface area contributed by atoms with E-state index < -0.39 is 10.8 Å². The van der Waals surface area contributed by atoms with Gasteiger partial charge in [0.15, 0.2) is 0 Å². The number of hydrogen-bond acceptors (Lipinski definition) is 4. The van der Waals surface area contributed by atoms with Crippen LogP contribution in [0.1, 0.15) is 18.4 Å². The zero-order chi connectivity index (χ0) is 10.7. The standard InChI is InChI=1S/C9H9NO4/c1-6(5-11)8-4-7(10(13)14)2-3-9(8)12/h2-6,12H,1H3. The number of benzene rings is 1. The molecule has 5 nitrogen and oxygen atoms in total. The number of nitro benzene ring substituents is 1. The molecule has 1 atom stereocenters. The normalized spacial score (nSPS) is 12.1. The van der Waals surface area contributed by atoms with Gasteiger partial charge in [0.1, 0.15) is 12.0 Å². The molecule has 5 heteroatoms. The Hall–Kier alpha value is -1.91. The molecule has 0 heterocycles. The summed E-state index contributed by atoms with van der Waals surface area (Å²) in [6.45, 7) is 1.56. The van der Waals surface area contributed by atoms with E-state index in [9.17, 15) is 20.0 Å². The number of nitro groups is 1. The Morgan fingerprint density at radius 1 is 1.57 bits per heavy atom. The number of hydrogen-bond donors (Lipinski definition) is 1. The van der Waals surface area contributed by atoms with E-state index in [4.69, 9.17) is 0 Å². The minimum Gasteiger partial charge on any atom is -0.508 e. The van der Waals surface area contributed by atoms with Crippen molar-refractivity contribution in [1.29, 1.82) is 0 Å². The van der Waals surface area contributed by atoms with Crippen LogP contribution in [-0.4, -0.2) is 16.3 Å². The molecule has 0 saturated heterocycles. The second kappa shape index (κ2) is 3.87. The van der Waals surface area contributed by atoms with Gasteiger partial charge in [-0.3, -0.25) is 10.1 Å². The molecule has 1 aromatic rings. The van der Waals surface area contributed by atoms with Crippen molar-refractivity contribution in [2.24, 2.45) is 0 Å². The molecule has 1 aromatic carbocycles. The SMILES string of the molecule is CC(C=O)c1cc([N+](=O)[O-])ccc1O. The molecule has 74 valence electrons. The predicted molar refractivity (Wildman–Crippen MR) is 49.2 cm³/mol. The van der Waals surface area contributed by atoms with Crippen molar-refractivity contribution in [2.45, 2.75) is 12.8 Å². The third-order valence-corrected chi connectivity index (χ3v) is 1.92. The van der Waals surface area contributed by atoms with Crippen molar-refractivity contribution in [1.82, 2.24) is 0 Å². The number of carbonyl (C=O) groups excluding carboxylic acids is 1. The summed E-state index contributed by atoms with van der Waals surface area (Å²) in [4.78, 5) is 20.3. The molecule has 1 unspecified atom stereocenters. The van der Waals surface area contributed by atoms with Crippen LogP contribution < -0.4 is 0 Å². The second-order valence-electron chi connectivity index (χ2n) is 2.92. The Kier molecular flexibility index (Phi) is 2.81. The number of non-ortho nitro benzene ring substituents is 1. The fourth-order valence-corrected chi connectivity index (χ4v) is 1.09. The number of aromatic hydroxyl groups is 1. The summed E-state index contributed by atoms with van der Waals surface area (Å²) in [6.07, 6.45) is 0.624. The van der Waals surface area contributed by atoms with Gasteiger partial charge in [-0.2, -0.15) is 0 Å². The van der Waals surface area contributed by atoms with E-state index in [1.807, 2.05) is 0 Å². The minimum atomic E-state index is -0.569. The molecule has 0 amide bonds.